The number of unbranched alkanes of at least 4 members (excludes halogenated alkanes) is 42. The molecule has 0 spiro atoms. The molecule has 0 aliphatic heterocycles. The van der Waals surface area contributed by atoms with Crippen LogP contribution in [0.15, 0.2) is 0 Å². The van der Waals surface area contributed by atoms with E-state index in [1.54, 1.807) is 0 Å². The molecule has 0 saturated carbocycles. The molecule has 17 nitrogen and oxygen atoms in total. The van der Waals surface area contributed by atoms with Gasteiger partial charge in [0.2, 0.25) is 0 Å². The second-order valence-corrected chi connectivity index (χ2v) is 31.7. The molecule has 0 radical (unpaired) electrons. The predicted molar refractivity (Wildman–Crippen MR) is 386 cm³/mol. The zero-order valence-electron chi connectivity index (χ0n) is 62.1. The van der Waals surface area contributed by atoms with Crippen molar-refractivity contribution in [3.63, 3.8) is 0 Å². The van der Waals surface area contributed by atoms with Crippen molar-refractivity contribution < 1.29 is 80.2 Å². The summed E-state index contributed by atoms with van der Waals surface area (Å²) in [6.07, 6.45) is 53.2. The molecule has 19 heteroatoms. The fourth-order valence-electron chi connectivity index (χ4n) is 11.6. The number of esters is 4. The molecule has 0 rings (SSSR count). The zero-order chi connectivity index (χ0) is 70.1. The molecule has 2 unspecified atom stereocenters. The van der Waals surface area contributed by atoms with E-state index in [4.69, 9.17) is 37.0 Å². The molecule has 3 N–H and O–H groups in total. The average molecular weight is 1400 g/mol. The maximum absolute atomic E-state index is 13.1. The summed E-state index contributed by atoms with van der Waals surface area (Å²) in [5.41, 5.74) is 0. The summed E-state index contributed by atoms with van der Waals surface area (Å²) < 4.78 is 68.4. The van der Waals surface area contributed by atoms with Gasteiger partial charge in [0.1, 0.15) is 19.3 Å². The molecule has 0 bridgehead atoms. The first kappa shape index (κ1) is 93.1. The number of rotatable bonds is 74. The van der Waals surface area contributed by atoms with Gasteiger partial charge in [-0.15, -0.1) is 0 Å². The van der Waals surface area contributed by atoms with Gasteiger partial charge in [-0.2, -0.15) is 0 Å². The summed E-state index contributed by atoms with van der Waals surface area (Å²) >= 11 is 0. The third kappa shape index (κ3) is 70.3. The minimum absolute atomic E-state index is 0.103. The van der Waals surface area contributed by atoms with Crippen LogP contribution >= 0.6 is 15.6 Å². The molecule has 5 atom stereocenters. The molecule has 0 aliphatic rings. The molecule has 0 amide bonds. The van der Waals surface area contributed by atoms with E-state index in [1.807, 2.05) is 0 Å². The smallest absolute Gasteiger partial charge is 0.462 e. The van der Waals surface area contributed by atoms with Crippen molar-refractivity contribution in [3.8, 4) is 0 Å². The monoisotopic (exact) mass is 1400 g/mol. The number of phosphoric acid groups is 2. The SMILES string of the molecule is CCCCCCCCCCCCCCCCCCCCCCCCC(=O)O[C@H](COC(=O)CCCCCCCCCCCCC(C)C)COP(=O)(O)OC[C@@H](O)COP(=O)(O)OC[C@@H](COC(=O)CCCCCCCCC(C)C)OC(=O)CCCCCCCCCCC(C)C. The van der Waals surface area contributed by atoms with Crippen LogP contribution in [0.1, 0.15) is 389 Å². The number of carbonyl (C=O) groups excluding carboxylic acids is 4. The number of ether oxygens (including phenoxy) is 4. The second-order valence-electron chi connectivity index (χ2n) is 28.8. The fraction of sp³-hybridized carbons (Fsp3) is 0.947. The average Bonchev–Trinajstić information content (AvgIpc) is 2.07. The van der Waals surface area contributed by atoms with Gasteiger partial charge in [-0.3, -0.25) is 37.3 Å². The summed E-state index contributed by atoms with van der Waals surface area (Å²) in [5.74, 6) is 0.0317. The van der Waals surface area contributed by atoms with Crippen LogP contribution in [-0.2, 0) is 65.4 Å². The Morgan fingerprint density at radius 3 is 0.716 bits per heavy atom. The van der Waals surface area contributed by atoms with Crippen LogP contribution in [0.25, 0.3) is 0 Å². The van der Waals surface area contributed by atoms with Gasteiger partial charge in [0, 0.05) is 25.7 Å². The lowest BCUT2D eigenvalue weighted by Gasteiger charge is -2.21. The van der Waals surface area contributed by atoms with E-state index in [2.05, 4.69) is 48.5 Å². The topological polar surface area (TPSA) is 237 Å². The van der Waals surface area contributed by atoms with Gasteiger partial charge in [-0.25, -0.2) is 9.13 Å². The van der Waals surface area contributed by atoms with Crippen molar-refractivity contribution in [1.82, 2.24) is 0 Å². The third-order valence-corrected chi connectivity index (χ3v) is 19.5. The van der Waals surface area contributed by atoms with Gasteiger partial charge in [0.25, 0.3) is 0 Å². The van der Waals surface area contributed by atoms with Crippen LogP contribution in [0, 0.1) is 17.8 Å². The number of hydrogen-bond acceptors (Lipinski definition) is 15. The molecular weight excluding hydrogens is 1250 g/mol. The van der Waals surface area contributed by atoms with Gasteiger partial charge in [0.15, 0.2) is 12.2 Å². The Bertz CT molecular complexity index is 1850. The van der Waals surface area contributed by atoms with Crippen LogP contribution in [0.3, 0.4) is 0 Å². The van der Waals surface area contributed by atoms with Crippen molar-refractivity contribution in [3.05, 3.63) is 0 Å². The molecule has 95 heavy (non-hydrogen) atoms. The van der Waals surface area contributed by atoms with E-state index in [-0.39, 0.29) is 25.7 Å². The minimum Gasteiger partial charge on any atom is -0.462 e. The molecule has 0 aromatic carbocycles. The van der Waals surface area contributed by atoms with E-state index >= 15 is 0 Å². The lowest BCUT2D eigenvalue weighted by atomic mass is 10.0. The highest BCUT2D eigenvalue weighted by Gasteiger charge is 2.30. The van der Waals surface area contributed by atoms with E-state index in [9.17, 15) is 43.2 Å². The van der Waals surface area contributed by atoms with Crippen molar-refractivity contribution in [2.45, 2.75) is 407 Å². The Morgan fingerprint density at radius 1 is 0.284 bits per heavy atom. The maximum atomic E-state index is 13.1. The second kappa shape index (κ2) is 66.6. The van der Waals surface area contributed by atoms with Crippen molar-refractivity contribution in [1.29, 1.82) is 0 Å². The van der Waals surface area contributed by atoms with E-state index < -0.39 is 97.5 Å². The highest BCUT2D eigenvalue weighted by atomic mass is 31.2. The van der Waals surface area contributed by atoms with E-state index in [0.29, 0.717) is 31.6 Å². The largest absolute Gasteiger partial charge is 0.472 e. The Labute approximate surface area is 581 Å². The van der Waals surface area contributed by atoms with Crippen LogP contribution in [0.4, 0.5) is 0 Å². The van der Waals surface area contributed by atoms with Crippen LogP contribution in [0.2, 0.25) is 0 Å². The van der Waals surface area contributed by atoms with Gasteiger partial charge >= 0.3 is 39.5 Å². The quantitative estimate of drug-likeness (QED) is 0.0222. The first-order valence-electron chi connectivity index (χ1n) is 39.3. The molecule has 0 aliphatic carbocycles. The van der Waals surface area contributed by atoms with Crippen LogP contribution in [0.5, 0.6) is 0 Å². The van der Waals surface area contributed by atoms with Gasteiger partial charge in [-0.05, 0) is 43.4 Å². The molecule has 0 saturated heterocycles. The normalized spacial score (nSPS) is 14.1. The third-order valence-electron chi connectivity index (χ3n) is 17.6. The number of phosphoric ester groups is 2. The van der Waals surface area contributed by atoms with Crippen molar-refractivity contribution in [2.24, 2.45) is 17.8 Å². The number of carbonyl (C=O) groups is 4. The summed E-state index contributed by atoms with van der Waals surface area (Å²) in [5, 5.41) is 10.6. The number of aliphatic hydroxyl groups is 1. The first-order valence-corrected chi connectivity index (χ1v) is 42.3. The summed E-state index contributed by atoms with van der Waals surface area (Å²) in [6.45, 7) is 11.8. The highest BCUT2D eigenvalue weighted by molar-refractivity contribution is 7.47. The Balaban J connectivity index is 5.17. The molecule has 0 aromatic rings. The van der Waals surface area contributed by atoms with Crippen molar-refractivity contribution in [2.75, 3.05) is 39.6 Å². The molecular formula is C76H148O17P2. The van der Waals surface area contributed by atoms with E-state index in [0.717, 1.165) is 108 Å². The Hall–Kier alpha value is -1.94. The molecule has 0 fully saturated rings. The lowest BCUT2D eigenvalue weighted by Crippen LogP contribution is -2.30. The van der Waals surface area contributed by atoms with Gasteiger partial charge in [-0.1, -0.05) is 337 Å². The maximum Gasteiger partial charge on any atom is 0.472 e. The Kier molecular flexibility index (Phi) is 65.2. The molecule has 564 valence electrons. The van der Waals surface area contributed by atoms with Gasteiger partial charge < -0.3 is 33.8 Å². The molecule has 0 heterocycles. The van der Waals surface area contributed by atoms with Crippen molar-refractivity contribution >= 4 is 39.5 Å². The zero-order valence-corrected chi connectivity index (χ0v) is 63.9. The number of hydrogen-bond donors (Lipinski definition) is 3. The first-order chi connectivity index (χ1) is 45.7. The standard InChI is InChI=1S/C76H148O17P2/c1-8-9-10-11-12-13-14-15-16-17-18-19-20-21-22-23-24-25-30-36-45-52-59-75(80)92-71(63-86-73(78)57-50-43-35-29-27-26-28-33-40-47-54-67(2)3)65-90-94(82,83)88-61-70(77)62-89-95(84,85)91-66-72(64-87-74(79)58-51-44-39-38-42-49-56-69(6)7)93-76(81)60-53-46-37-32-31-34-41-48-55-68(4)5/h67-72,77H,8-66H2,1-7H3,(H,82,83)(H,84,85)/t70-,71-,72-/m1/s1. The number of aliphatic hydroxyl groups excluding tert-OH is 1. The van der Waals surface area contributed by atoms with Crippen LogP contribution < -0.4 is 0 Å². The summed E-state index contributed by atoms with van der Waals surface area (Å²) in [7, 11) is -9.91. The van der Waals surface area contributed by atoms with E-state index in [1.165, 1.54) is 193 Å². The van der Waals surface area contributed by atoms with Gasteiger partial charge in [0.05, 0.1) is 26.4 Å². The summed E-state index contributed by atoms with van der Waals surface area (Å²) in [6, 6.07) is 0. The Morgan fingerprint density at radius 2 is 0.484 bits per heavy atom. The molecule has 0 aromatic heterocycles. The predicted octanol–water partition coefficient (Wildman–Crippen LogP) is 22.2. The summed E-state index contributed by atoms with van der Waals surface area (Å²) in [4.78, 5) is 72.7. The fourth-order valence-corrected chi connectivity index (χ4v) is 13.2. The minimum atomic E-state index is -4.96. The lowest BCUT2D eigenvalue weighted by molar-refractivity contribution is -0.161. The highest BCUT2D eigenvalue weighted by Crippen LogP contribution is 2.45. The van der Waals surface area contributed by atoms with Crippen LogP contribution in [-0.4, -0.2) is 96.7 Å².